The number of benzene rings is 3. The van der Waals surface area contributed by atoms with Crippen molar-refractivity contribution in [1.82, 2.24) is 4.57 Å². The summed E-state index contributed by atoms with van der Waals surface area (Å²) in [5.74, 6) is 1.94. The highest BCUT2D eigenvalue weighted by atomic mass is 16.5. The van der Waals surface area contributed by atoms with E-state index >= 15 is 0 Å². The predicted molar refractivity (Wildman–Crippen MR) is 99.1 cm³/mol. The minimum atomic E-state index is -0.103. The molecule has 4 aromatic rings. The third kappa shape index (κ3) is 1.56. The van der Waals surface area contributed by atoms with Crippen molar-refractivity contribution in [1.29, 1.82) is 0 Å². The van der Waals surface area contributed by atoms with Crippen molar-refractivity contribution in [3.05, 3.63) is 71.8 Å². The zero-order chi connectivity index (χ0) is 16.5. The van der Waals surface area contributed by atoms with E-state index in [0.29, 0.717) is 0 Å². The molecule has 2 heteroatoms. The first-order valence-electron chi connectivity index (χ1n) is 8.37. The Kier molecular flexibility index (Phi) is 2.52. The maximum absolute atomic E-state index is 6.27. The first-order chi connectivity index (χ1) is 11.6. The Balaban J connectivity index is 1.98. The topological polar surface area (TPSA) is 14.2 Å². The molecule has 0 atom stereocenters. The molecule has 3 aromatic carbocycles. The third-order valence-electron chi connectivity index (χ3n) is 5.45. The van der Waals surface area contributed by atoms with Crippen molar-refractivity contribution >= 4 is 21.8 Å². The molecule has 2 heterocycles. The van der Waals surface area contributed by atoms with Gasteiger partial charge in [-0.2, -0.15) is 0 Å². The molecule has 0 unspecified atom stereocenters. The molecule has 1 aromatic heterocycles. The van der Waals surface area contributed by atoms with E-state index in [0.717, 1.165) is 11.5 Å². The molecule has 1 aliphatic rings. The largest absolute Gasteiger partial charge is 0.457 e. The summed E-state index contributed by atoms with van der Waals surface area (Å²) in [4.78, 5) is 0. The molecular formula is C22H19NO. The molecular weight excluding hydrogens is 294 g/mol. The maximum Gasteiger partial charge on any atom is 0.132 e. The van der Waals surface area contributed by atoms with E-state index in [-0.39, 0.29) is 5.41 Å². The van der Waals surface area contributed by atoms with Crippen molar-refractivity contribution in [3.63, 3.8) is 0 Å². The average molecular weight is 313 g/mol. The molecule has 1 aliphatic heterocycles. The molecule has 0 saturated heterocycles. The van der Waals surface area contributed by atoms with E-state index in [1.165, 1.54) is 32.9 Å². The monoisotopic (exact) mass is 313 g/mol. The molecule has 0 aliphatic carbocycles. The van der Waals surface area contributed by atoms with Gasteiger partial charge >= 0.3 is 0 Å². The summed E-state index contributed by atoms with van der Waals surface area (Å²) in [5.41, 5.74) is 4.95. The van der Waals surface area contributed by atoms with Crippen LogP contribution < -0.4 is 4.74 Å². The quantitative estimate of drug-likeness (QED) is 0.402. The van der Waals surface area contributed by atoms with Gasteiger partial charge in [-0.3, -0.25) is 0 Å². The number of rotatable bonds is 0. The Morgan fingerprint density at radius 3 is 2.42 bits per heavy atom. The highest BCUT2D eigenvalue weighted by molar-refractivity contribution is 6.11. The smallest absolute Gasteiger partial charge is 0.132 e. The summed E-state index contributed by atoms with van der Waals surface area (Å²) in [5, 5.41) is 2.60. The van der Waals surface area contributed by atoms with Gasteiger partial charge in [0.25, 0.3) is 0 Å². The highest BCUT2D eigenvalue weighted by Gasteiger charge is 2.36. The SMILES string of the molecule is Cn1c2ccccc2c2c3c(ccc21)Oc1ccccc1C3(C)C. The molecule has 0 bridgehead atoms. The van der Waals surface area contributed by atoms with Crippen LogP contribution in [0.4, 0.5) is 0 Å². The highest BCUT2D eigenvalue weighted by Crippen LogP contribution is 2.51. The summed E-state index contributed by atoms with van der Waals surface area (Å²) in [7, 11) is 2.14. The van der Waals surface area contributed by atoms with Crippen LogP contribution in [0.3, 0.4) is 0 Å². The van der Waals surface area contributed by atoms with Crippen LogP contribution in [0.1, 0.15) is 25.0 Å². The number of nitrogens with zero attached hydrogens (tertiary/aromatic N) is 1. The Morgan fingerprint density at radius 2 is 1.54 bits per heavy atom. The fraction of sp³-hybridized carbons (Fsp3) is 0.182. The van der Waals surface area contributed by atoms with E-state index in [1.54, 1.807) is 0 Å². The fourth-order valence-corrected chi connectivity index (χ4v) is 4.26. The molecule has 0 saturated carbocycles. The van der Waals surface area contributed by atoms with Crippen molar-refractivity contribution in [2.75, 3.05) is 0 Å². The van der Waals surface area contributed by atoms with Gasteiger partial charge in [-0.1, -0.05) is 50.2 Å². The van der Waals surface area contributed by atoms with Crippen molar-refractivity contribution in [2.24, 2.45) is 7.05 Å². The molecule has 0 amide bonds. The molecule has 0 fully saturated rings. The number of ether oxygens (including phenoxy) is 1. The fourth-order valence-electron chi connectivity index (χ4n) is 4.26. The predicted octanol–water partition coefficient (Wildman–Crippen LogP) is 5.76. The number of hydrogen-bond acceptors (Lipinski definition) is 1. The van der Waals surface area contributed by atoms with E-state index in [4.69, 9.17) is 4.74 Å². The molecule has 2 nitrogen and oxygen atoms in total. The molecule has 0 radical (unpaired) electrons. The standard InChI is InChI=1S/C22H19NO/c1-22(2)15-9-5-7-11-18(15)24-19-13-12-17-20(21(19)22)14-8-4-6-10-16(14)23(17)3/h4-13H,1-3H3. The number of aryl methyl sites for hydroxylation is 1. The Morgan fingerprint density at radius 1 is 0.792 bits per heavy atom. The van der Waals surface area contributed by atoms with Gasteiger partial charge in [0.15, 0.2) is 0 Å². The lowest BCUT2D eigenvalue weighted by Gasteiger charge is -2.35. The summed E-state index contributed by atoms with van der Waals surface area (Å²) < 4.78 is 8.55. The van der Waals surface area contributed by atoms with E-state index < -0.39 is 0 Å². The number of aromatic nitrogens is 1. The van der Waals surface area contributed by atoms with Gasteiger partial charge in [-0.05, 0) is 24.3 Å². The zero-order valence-electron chi connectivity index (χ0n) is 14.1. The summed E-state index contributed by atoms with van der Waals surface area (Å²) in [6.07, 6.45) is 0. The summed E-state index contributed by atoms with van der Waals surface area (Å²) >= 11 is 0. The van der Waals surface area contributed by atoms with Gasteiger partial charge in [-0.25, -0.2) is 0 Å². The Hall–Kier alpha value is -2.74. The van der Waals surface area contributed by atoms with Crippen LogP contribution in [-0.4, -0.2) is 4.57 Å². The lowest BCUT2D eigenvalue weighted by molar-refractivity contribution is 0.420. The first kappa shape index (κ1) is 13.7. The normalized spacial score (nSPS) is 15.1. The van der Waals surface area contributed by atoms with Crippen LogP contribution in [0.15, 0.2) is 60.7 Å². The minimum Gasteiger partial charge on any atom is -0.457 e. The maximum atomic E-state index is 6.27. The number of hydrogen-bond donors (Lipinski definition) is 0. The van der Waals surface area contributed by atoms with Crippen LogP contribution in [0.2, 0.25) is 0 Å². The third-order valence-corrected chi connectivity index (χ3v) is 5.45. The number of fused-ring (bicyclic) bond motifs is 6. The van der Waals surface area contributed by atoms with Crippen molar-refractivity contribution in [2.45, 2.75) is 19.3 Å². The molecule has 118 valence electrons. The van der Waals surface area contributed by atoms with E-state index in [9.17, 15) is 0 Å². The van der Waals surface area contributed by atoms with Gasteiger partial charge in [0, 0.05) is 45.4 Å². The second-order valence-electron chi connectivity index (χ2n) is 7.13. The van der Waals surface area contributed by atoms with Crippen LogP contribution in [0.5, 0.6) is 11.5 Å². The minimum absolute atomic E-state index is 0.103. The summed E-state index contributed by atoms with van der Waals surface area (Å²) in [6.45, 7) is 4.60. The zero-order valence-corrected chi connectivity index (χ0v) is 14.1. The summed E-state index contributed by atoms with van der Waals surface area (Å²) in [6, 6.07) is 21.3. The van der Waals surface area contributed by atoms with E-state index in [2.05, 4.69) is 80.1 Å². The van der Waals surface area contributed by atoms with E-state index in [1.807, 2.05) is 6.07 Å². The van der Waals surface area contributed by atoms with Crippen LogP contribution in [-0.2, 0) is 12.5 Å². The average Bonchev–Trinajstić information content (AvgIpc) is 2.88. The molecule has 0 N–H and O–H groups in total. The lowest BCUT2D eigenvalue weighted by Crippen LogP contribution is -2.24. The van der Waals surface area contributed by atoms with Crippen LogP contribution >= 0.6 is 0 Å². The number of para-hydroxylation sites is 2. The molecule has 0 spiro atoms. The second-order valence-corrected chi connectivity index (χ2v) is 7.13. The van der Waals surface area contributed by atoms with Gasteiger partial charge in [0.05, 0.1) is 0 Å². The van der Waals surface area contributed by atoms with Gasteiger partial charge < -0.3 is 9.30 Å². The van der Waals surface area contributed by atoms with Crippen LogP contribution in [0, 0.1) is 0 Å². The van der Waals surface area contributed by atoms with Crippen molar-refractivity contribution in [3.8, 4) is 11.5 Å². The van der Waals surface area contributed by atoms with Gasteiger partial charge in [0.2, 0.25) is 0 Å². The van der Waals surface area contributed by atoms with Crippen molar-refractivity contribution < 1.29 is 4.74 Å². The Bertz CT molecular complexity index is 1120. The first-order valence-corrected chi connectivity index (χ1v) is 8.37. The van der Waals surface area contributed by atoms with Gasteiger partial charge in [-0.15, -0.1) is 0 Å². The molecule has 24 heavy (non-hydrogen) atoms. The van der Waals surface area contributed by atoms with Gasteiger partial charge in [0.1, 0.15) is 11.5 Å². The Labute approximate surface area is 141 Å². The lowest BCUT2D eigenvalue weighted by atomic mass is 9.74. The van der Waals surface area contributed by atoms with Crippen LogP contribution in [0.25, 0.3) is 21.8 Å². The second kappa shape index (κ2) is 4.41. The molecule has 5 rings (SSSR count).